The van der Waals surface area contributed by atoms with E-state index < -0.39 is 17.8 Å². The van der Waals surface area contributed by atoms with Crippen LogP contribution in [0.4, 0.5) is 4.39 Å². The normalized spacial score (nSPS) is 11.5. The molecule has 0 bridgehead atoms. The quantitative estimate of drug-likeness (QED) is 0.773. The Kier molecular flexibility index (Phi) is 4.91. The van der Waals surface area contributed by atoms with Gasteiger partial charge in [-0.2, -0.15) is 5.26 Å². The molecule has 0 radical (unpaired) electrons. The fourth-order valence-corrected chi connectivity index (χ4v) is 2.45. The van der Waals surface area contributed by atoms with Gasteiger partial charge in [0.2, 0.25) is 0 Å². The molecule has 0 aliphatic heterocycles. The summed E-state index contributed by atoms with van der Waals surface area (Å²) < 4.78 is 18.4. The first-order valence-corrected chi connectivity index (χ1v) is 7.72. The molecule has 0 unspecified atom stereocenters. The highest BCUT2D eigenvalue weighted by Gasteiger charge is 2.14. The van der Waals surface area contributed by atoms with Gasteiger partial charge in [0.25, 0.3) is 5.91 Å². The molecule has 0 aromatic heterocycles. The molecule has 1 amide bonds. The molecule has 25 heavy (non-hydrogen) atoms. The highest BCUT2D eigenvalue weighted by Crippen LogP contribution is 2.20. The summed E-state index contributed by atoms with van der Waals surface area (Å²) in [5.74, 6) is -0.250. The van der Waals surface area contributed by atoms with Gasteiger partial charge in [-0.1, -0.05) is 42.5 Å². The molecule has 1 N–H and O–H groups in total. The van der Waals surface area contributed by atoms with E-state index in [9.17, 15) is 14.4 Å². The van der Waals surface area contributed by atoms with Crippen LogP contribution < -0.4 is 10.1 Å². The Hall–Kier alpha value is -3.39. The summed E-state index contributed by atoms with van der Waals surface area (Å²) in [6.07, 6.45) is 0. The molecule has 4 nitrogen and oxygen atoms in total. The fraction of sp³-hybridized carbons (Fsp3) is 0.100. The number of halogens is 1. The van der Waals surface area contributed by atoms with E-state index in [4.69, 9.17) is 4.74 Å². The highest BCUT2D eigenvalue weighted by molar-refractivity contribution is 5.84. The maximum Gasteiger partial charge on any atom is 0.259 e. The number of fused-ring (bicyclic) bond motifs is 1. The minimum absolute atomic E-state index is 0.211. The highest BCUT2D eigenvalue weighted by atomic mass is 19.1. The number of ether oxygens (including phenoxy) is 1. The number of nitriles is 1. The van der Waals surface area contributed by atoms with Crippen molar-refractivity contribution in [3.05, 3.63) is 78.1 Å². The lowest BCUT2D eigenvalue weighted by atomic mass is 10.1. The molecule has 0 heterocycles. The van der Waals surface area contributed by atoms with Crippen molar-refractivity contribution >= 4 is 16.7 Å². The summed E-state index contributed by atoms with van der Waals surface area (Å²) >= 11 is 0. The van der Waals surface area contributed by atoms with Gasteiger partial charge in [0.1, 0.15) is 17.6 Å². The van der Waals surface area contributed by atoms with Gasteiger partial charge in [-0.15, -0.1) is 0 Å². The van der Waals surface area contributed by atoms with Crippen LogP contribution in [0.25, 0.3) is 10.8 Å². The number of carbonyl (C=O) groups excluding carboxylic acids is 1. The molecular formula is C20H15FN2O2. The van der Waals surface area contributed by atoms with E-state index in [0.29, 0.717) is 11.3 Å². The van der Waals surface area contributed by atoms with E-state index in [2.05, 4.69) is 5.32 Å². The molecule has 0 fully saturated rings. The van der Waals surface area contributed by atoms with Crippen LogP contribution >= 0.6 is 0 Å². The predicted molar refractivity (Wildman–Crippen MR) is 92.3 cm³/mol. The Bertz CT molecular complexity index is 932. The first kappa shape index (κ1) is 16.5. The van der Waals surface area contributed by atoms with Gasteiger partial charge in [-0.05, 0) is 40.6 Å². The first-order chi connectivity index (χ1) is 12.2. The second-order valence-electron chi connectivity index (χ2n) is 5.48. The monoisotopic (exact) mass is 334 g/mol. The zero-order valence-corrected chi connectivity index (χ0v) is 13.3. The van der Waals surface area contributed by atoms with Gasteiger partial charge >= 0.3 is 0 Å². The molecule has 5 heteroatoms. The third-order valence-electron chi connectivity index (χ3n) is 3.73. The standard InChI is InChI=1S/C20H15FN2O2/c21-17-8-5-15(6-9-17)19(12-22)23-20(24)13-25-18-10-7-14-3-1-2-4-16(14)11-18/h1-11,19H,13H2,(H,23,24)/t19-/m1/s1. The number of amides is 1. The van der Waals surface area contributed by atoms with Gasteiger partial charge < -0.3 is 10.1 Å². The minimum atomic E-state index is -0.853. The maximum absolute atomic E-state index is 12.9. The van der Waals surface area contributed by atoms with Crippen molar-refractivity contribution in [3.63, 3.8) is 0 Å². The van der Waals surface area contributed by atoms with Crippen molar-refractivity contribution in [2.45, 2.75) is 6.04 Å². The molecule has 0 saturated carbocycles. The number of nitrogens with one attached hydrogen (secondary N) is 1. The molecule has 3 aromatic rings. The third-order valence-corrected chi connectivity index (χ3v) is 3.73. The number of carbonyl (C=O) groups is 1. The molecule has 1 atom stereocenters. The zero-order chi connectivity index (χ0) is 17.6. The van der Waals surface area contributed by atoms with E-state index in [1.807, 2.05) is 42.5 Å². The lowest BCUT2D eigenvalue weighted by molar-refractivity contribution is -0.123. The van der Waals surface area contributed by atoms with Gasteiger partial charge in [0, 0.05) is 0 Å². The van der Waals surface area contributed by atoms with Gasteiger partial charge in [0.05, 0.1) is 6.07 Å². The third kappa shape index (κ3) is 4.12. The average molecular weight is 334 g/mol. The first-order valence-electron chi connectivity index (χ1n) is 7.72. The largest absolute Gasteiger partial charge is 0.484 e. The maximum atomic E-state index is 12.9. The SMILES string of the molecule is N#C[C@@H](NC(=O)COc1ccc2ccccc2c1)c1ccc(F)cc1. The second kappa shape index (κ2) is 7.45. The lowest BCUT2D eigenvalue weighted by Gasteiger charge is -2.13. The van der Waals surface area contributed by atoms with Crippen LogP contribution in [-0.4, -0.2) is 12.5 Å². The van der Waals surface area contributed by atoms with E-state index >= 15 is 0 Å². The van der Waals surface area contributed by atoms with Crippen LogP contribution in [0.3, 0.4) is 0 Å². The number of rotatable bonds is 5. The molecule has 0 aliphatic rings. The van der Waals surface area contributed by atoms with Crippen LogP contribution in [0, 0.1) is 17.1 Å². The molecule has 0 spiro atoms. The summed E-state index contributed by atoms with van der Waals surface area (Å²) in [5.41, 5.74) is 0.517. The molecule has 0 saturated heterocycles. The average Bonchev–Trinajstić information content (AvgIpc) is 2.65. The van der Waals surface area contributed by atoms with E-state index in [1.165, 1.54) is 24.3 Å². The summed E-state index contributed by atoms with van der Waals surface area (Å²) in [5, 5.41) is 13.9. The summed E-state index contributed by atoms with van der Waals surface area (Å²) in [7, 11) is 0. The van der Waals surface area contributed by atoms with Crippen molar-refractivity contribution in [1.29, 1.82) is 5.26 Å². The van der Waals surface area contributed by atoms with Crippen molar-refractivity contribution in [1.82, 2.24) is 5.32 Å². The summed E-state index contributed by atoms with van der Waals surface area (Å²) in [6, 6.07) is 19.9. The van der Waals surface area contributed by atoms with Crippen LogP contribution in [0.2, 0.25) is 0 Å². The Labute approximate surface area is 144 Å². The van der Waals surface area contributed by atoms with E-state index in [0.717, 1.165) is 10.8 Å². The van der Waals surface area contributed by atoms with Crippen LogP contribution in [0.1, 0.15) is 11.6 Å². The summed E-state index contributed by atoms with van der Waals surface area (Å²) in [4.78, 5) is 12.0. The topological polar surface area (TPSA) is 62.1 Å². The van der Waals surface area contributed by atoms with Crippen LogP contribution in [-0.2, 0) is 4.79 Å². The number of hydrogen-bond donors (Lipinski definition) is 1. The molecule has 124 valence electrons. The Morgan fingerprint density at radius 2 is 1.80 bits per heavy atom. The number of hydrogen-bond acceptors (Lipinski definition) is 3. The predicted octanol–water partition coefficient (Wildman–Crippen LogP) is 3.74. The Morgan fingerprint density at radius 1 is 1.08 bits per heavy atom. The lowest BCUT2D eigenvalue weighted by Crippen LogP contribution is -2.32. The van der Waals surface area contributed by atoms with Crippen molar-refractivity contribution in [2.75, 3.05) is 6.61 Å². The summed E-state index contributed by atoms with van der Waals surface area (Å²) in [6.45, 7) is -0.211. The molecule has 3 rings (SSSR count). The fourth-order valence-electron chi connectivity index (χ4n) is 2.45. The Balaban J connectivity index is 1.61. The minimum Gasteiger partial charge on any atom is -0.484 e. The van der Waals surface area contributed by atoms with Gasteiger partial charge in [-0.25, -0.2) is 4.39 Å². The van der Waals surface area contributed by atoms with Crippen LogP contribution in [0.5, 0.6) is 5.75 Å². The van der Waals surface area contributed by atoms with Gasteiger partial charge in [-0.3, -0.25) is 4.79 Å². The van der Waals surface area contributed by atoms with E-state index in [1.54, 1.807) is 6.07 Å². The van der Waals surface area contributed by atoms with Gasteiger partial charge in [0.15, 0.2) is 6.61 Å². The van der Waals surface area contributed by atoms with Crippen LogP contribution in [0.15, 0.2) is 66.7 Å². The number of nitrogens with zero attached hydrogens (tertiary/aromatic N) is 1. The molecule has 0 aliphatic carbocycles. The zero-order valence-electron chi connectivity index (χ0n) is 13.3. The van der Waals surface area contributed by atoms with E-state index in [-0.39, 0.29) is 6.61 Å². The number of benzene rings is 3. The smallest absolute Gasteiger partial charge is 0.259 e. The second-order valence-corrected chi connectivity index (χ2v) is 5.48. The molecule has 3 aromatic carbocycles. The van der Waals surface area contributed by atoms with Crippen molar-refractivity contribution in [2.24, 2.45) is 0 Å². The van der Waals surface area contributed by atoms with Crippen molar-refractivity contribution in [3.8, 4) is 11.8 Å². The Morgan fingerprint density at radius 3 is 2.52 bits per heavy atom. The molecular weight excluding hydrogens is 319 g/mol. The van der Waals surface area contributed by atoms with Crippen molar-refractivity contribution < 1.29 is 13.9 Å².